The molecule has 0 radical (unpaired) electrons. The van der Waals surface area contributed by atoms with Crippen molar-refractivity contribution in [2.45, 2.75) is 46.1 Å². The summed E-state index contributed by atoms with van der Waals surface area (Å²) in [4.78, 5) is 4.25. The van der Waals surface area contributed by atoms with Crippen molar-refractivity contribution in [1.29, 1.82) is 0 Å². The fourth-order valence-corrected chi connectivity index (χ4v) is 2.17. The lowest BCUT2D eigenvalue weighted by molar-refractivity contribution is 0.143. The molecule has 25 heavy (non-hydrogen) atoms. The highest BCUT2D eigenvalue weighted by Gasteiger charge is 2.00. The lowest BCUT2D eigenvalue weighted by Crippen LogP contribution is -2.37. The zero-order chi connectivity index (χ0) is 17.5. The molecule has 0 spiro atoms. The summed E-state index contributed by atoms with van der Waals surface area (Å²) in [5.41, 5.74) is 1.18. The van der Waals surface area contributed by atoms with Gasteiger partial charge in [0.1, 0.15) is 5.75 Å². The van der Waals surface area contributed by atoms with Gasteiger partial charge in [0.2, 0.25) is 0 Å². The standard InChI is InChI=1S/C19H33N3O2.HI/c1-4-6-14-24-18-11-9-10-17(15-18)16-22-19(20-3)21-12-7-8-13-23-5-2;/h9-11,15H,4-8,12-14,16H2,1-3H3,(H2,20,21,22);1H. The molecule has 1 aromatic rings. The minimum atomic E-state index is 0. The summed E-state index contributed by atoms with van der Waals surface area (Å²) in [6.07, 6.45) is 4.37. The third-order valence-corrected chi connectivity index (χ3v) is 3.56. The van der Waals surface area contributed by atoms with Gasteiger partial charge in [0.25, 0.3) is 0 Å². The first-order valence-corrected chi connectivity index (χ1v) is 9.04. The summed E-state index contributed by atoms with van der Waals surface area (Å²) in [6, 6.07) is 8.21. The molecule has 0 unspecified atom stereocenters. The zero-order valence-electron chi connectivity index (χ0n) is 15.8. The second kappa shape index (κ2) is 16.4. The average molecular weight is 463 g/mol. The van der Waals surface area contributed by atoms with E-state index in [0.717, 1.165) is 70.3 Å². The van der Waals surface area contributed by atoms with Gasteiger partial charge in [-0.15, -0.1) is 24.0 Å². The third-order valence-electron chi connectivity index (χ3n) is 3.56. The molecular weight excluding hydrogens is 429 g/mol. The van der Waals surface area contributed by atoms with Crippen molar-refractivity contribution in [3.63, 3.8) is 0 Å². The van der Waals surface area contributed by atoms with E-state index < -0.39 is 0 Å². The molecule has 0 atom stereocenters. The van der Waals surface area contributed by atoms with Gasteiger partial charge in [-0.25, -0.2) is 0 Å². The molecule has 0 amide bonds. The Labute approximate surface area is 170 Å². The third kappa shape index (κ3) is 12.0. The first-order valence-electron chi connectivity index (χ1n) is 9.04. The first kappa shape index (κ1) is 24.0. The summed E-state index contributed by atoms with van der Waals surface area (Å²) in [5, 5.41) is 6.66. The molecule has 1 rings (SSSR count). The van der Waals surface area contributed by atoms with Crippen LogP contribution >= 0.6 is 24.0 Å². The van der Waals surface area contributed by atoms with E-state index in [1.165, 1.54) is 5.56 Å². The minimum absolute atomic E-state index is 0. The Morgan fingerprint density at radius 1 is 1.08 bits per heavy atom. The summed E-state index contributed by atoms with van der Waals surface area (Å²) in [7, 11) is 1.79. The number of hydrogen-bond donors (Lipinski definition) is 2. The maximum Gasteiger partial charge on any atom is 0.191 e. The highest BCUT2D eigenvalue weighted by molar-refractivity contribution is 14.0. The molecule has 1 aromatic carbocycles. The monoisotopic (exact) mass is 463 g/mol. The summed E-state index contributed by atoms with van der Waals surface area (Å²) in [6.45, 7) is 8.20. The molecule has 0 saturated heterocycles. The first-order chi connectivity index (χ1) is 11.8. The van der Waals surface area contributed by atoms with Gasteiger partial charge in [-0.3, -0.25) is 4.99 Å². The Morgan fingerprint density at radius 3 is 2.64 bits per heavy atom. The molecule has 0 aliphatic heterocycles. The smallest absolute Gasteiger partial charge is 0.191 e. The second-order valence-corrected chi connectivity index (χ2v) is 5.61. The van der Waals surface area contributed by atoms with Crippen molar-refractivity contribution in [2.24, 2.45) is 4.99 Å². The molecule has 0 bridgehead atoms. The van der Waals surface area contributed by atoms with Crippen LogP contribution in [-0.4, -0.2) is 39.4 Å². The highest BCUT2D eigenvalue weighted by Crippen LogP contribution is 2.13. The van der Waals surface area contributed by atoms with E-state index >= 15 is 0 Å². The normalized spacial score (nSPS) is 10.9. The predicted octanol–water partition coefficient (Wildman–Crippen LogP) is 3.97. The highest BCUT2D eigenvalue weighted by atomic mass is 127. The number of ether oxygens (including phenoxy) is 2. The molecule has 5 nitrogen and oxygen atoms in total. The van der Waals surface area contributed by atoms with Crippen molar-refractivity contribution in [3.05, 3.63) is 29.8 Å². The van der Waals surface area contributed by atoms with Crippen molar-refractivity contribution in [2.75, 3.05) is 33.4 Å². The zero-order valence-corrected chi connectivity index (χ0v) is 18.2. The van der Waals surface area contributed by atoms with Crippen LogP contribution in [0.15, 0.2) is 29.3 Å². The van der Waals surface area contributed by atoms with E-state index in [1.54, 1.807) is 7.05 Å². The second-order valence-electron chi connectivity index (χ2n) is 5.61. The lowest BCUT2D eigenvalue weighted by Gasteiger charge is -2.13. The summed E-state index contributed by atoms with van der Waals surface area (Å²) in [5.74, 6) is 1.75. The van der Waals surface area contributed by atoms with Crippen LogP contribution in [0, 0.1) is 0 Å². The maximum atomic E-state index is 5.75. The van der Waals surface area contributed by atoms with Crippen LogP contribution in [0.25, 0.3) is 0 Å². The van der Waals surface area contributed by atoms with Crippen molar-refractivity contribution in [1.82, 2.24) is 10.6 Å². The van der Waals surface area contributed by atoms with Gasteiger partial charge in [0.15, 0.2) is 5.96 Å². The number of hydrogen-bond acceptors (Lipinski definition) is 3. The van der Waals surface area contributed by atoms with E-state index in [-0.39, 0.29) is 24.0 Å². The number of unbranched alkanes of at least 4 members (excludes halogenated alkanes) is 2. The van der Waals surface area contributed by atoms with Crippen molar-refractivity contribution < 1.29 is 9.47 Å². The van der Waals surface area contributed by atoms with Gasteiger partial charge in [-0.2, -0.15) is 0 Å². The fraction of sp³-hybridized carbons (Fsp3) is 0.632. The van der Waals surface area contributed by atoms with E-state index in [9.17, 15) is 0 Å². The van der Waals surface area contributed by atoms with Crippen molar-refractivity contribution >= 4 is 29.9 Å². The van der Waals surface area contributed by atoms with E-state index in [0.29, 0.717) is 0 Å². The lowest BCUT2D eigenvalue weighted by atomic mass is 10.2. The average Bonchev–Trinajstić information content (AvgIpc) is 2.61. The Balaban J connectivity index is 0.00000576. The van der Waals surface area contributed by atoms with Crippen LogP contribution in [-0.2, 0) is 11.3 Å². The topological polar surface area (TPSA) is 54.9 Å². The molecule has 0 aliphatic carbocycles. The molecule has 0 aromatic heterocycles. The number of guanidine groups is 1. The molecule has 0 fully saturated rings. The molecule has 0 aliphatic rings. The van der Waals surface area contributed by atoms with Gasteiger partial charge in [-0.1, -0.05) is 25.5 Å². The Hall–Kier alpha value is -1.02. The van der Waals surface area contributed by atoms with Gasteiger partial charge in [-0.05, 0) is 43.9 Å². The summed E-state index contributed by atoms with van der Waals surface area (Å²) < 4.78 is 11.1. The molecule has 0 saturated carbocycles. The number of aliphatic imine (C=N–C) groups is 1. The fourth-order valence-electron chi connectivity index (χ4n) is 2.17. The maximum absolute atomic E-state index is 5.75. The molecule has 0 heterocycles. The Kier molecular flexibility index (Phi) is 15.8. The number of nitrogens with zero attached hydrogens (tertiary/aromatic N) is 1. The molecule has 144 valence electrons. The van der Waals surface area contributed by atoms with Crippen LogP contribution in [0.2, 0.25) is 0 Å². The quantitative estimate of drug-likeness (QED) is 0.213. The van der Waals surface area contributed by atoms with Crippen molar-refractivity contribution in [3.8, 4) is 5.75 Å². The van der Waals surface area contributed by atoms with Crippen LogP contribution in [0.3, 0.4) is 0 Å². The van der Waals surface area contributed by atoms with E-state index in [4.69, 9.17) is 9.47 Å². The van der Waals surface area contributed by atoms with Gasteiger partial charge in [0, 0.05) is 33.4 Å². The van der Waals surface area contributed by atoms with E-state index in [1.807, 2.05) is 19.1 Å². The molecular formula is C19H34IN3O2. The van der Waals surface area contributed by atoms with Gasteiger partial charge >= 0.3 is 0 Å². The van der Waals surface area contributed by atoms with Gasteiger partial charge < -0.3 is 20.1 Å². The Bertz CT molecular complexity index is 470. The Morgan fingerprint density at radius 2 is 1.92 bits per heavy atom. The number of nitrogens with one attached hydrogen (secondary N) is 2. The molecule has 6 heteroatoms. The van der Waals surface area contributed by atoms with Crippen LogP contribution in [0.5, 0.6) is 5.75 Å². The van der Waals surface area contributed by atoms with E-state index in [2.05, 4.69) is 34.7 Å². The largest absolute Gasteiger partial charge is 0.494 e. The van der Waals surface area contributed by atoms with Crippen LogP contribution in [0.1, 0.15) is 45.1 Å². The summed E-state index contributed by atoms with van der Waals surface area (Å²) >= 11 is 0. The minimum Gasteiger partial charge on any atom is -0.494 e. The van der Waals surface area contributed by atoms with Crippen LogP contribution < -0.4 is 15.4 Å². The molecule has 2 N–H and O–H groups in total. The number of benzene rings is 1. The van der Waals surface area contributed by atoms with Gasteiger partial charge in [0.05, 0.1) is 6.61 Å². The number of rotatable bonds is 12. The SMILES string of the molecule is CCCCOc1cccc(CNC(=NC)NCCCCOCC)c1.I. The van der Waals surface area contributed by atoms with Crippen LogP contribution in [0.4, 0.5) is 0 Å². The predicted molar refractivity (Wildman–Crippen MR) is 116 cm³/mol. The number of halogens is 1.